The number of carbonyl (C=O) groups is 1. The Bertz CT molecular complexity index is 591. The van der Waals surface area contributed by atoms with Gasteiger partial charge in [-0.3, -0.25) is 9.78 Å². The summed E-state index contributed by atoms with van der Waals surface area (Å²) in [7, 11) is -3.60. The van der Waals surface area contributed by atoms with E-state index in [0.29, 0.717) is 18.6 Å². The minimum absolute atomic E-state index is 0.0855. The summed E-state index contributed by atoms with van der Waals surface area (Å²) >= 11 is 1.39. The molecule has 8 heteroatoms. The highest BCUT2D eigenvalue weighted by molar-refractivity contribution is 8.01. The topological polar surface area (TPSA) is 87.6 Å². The molecule has 1 saturated heterocycles. The Morgan fingerprint density at radius 3 is 2.71 bits per heavy atom. The molecule has 2 rings (SSSR count). The lowest BCUT2D eigenvalue weighted by molar-refractivity contribution is -0.140. The molecule has 6 nitrogen and oxygen atoms in total. The molecule has 0 spiro atoms. The number of carboxylic acids is 1. The number of hydrogen-bond acceptors (Lipinski definition) is 5. The van der Waals surface area contributed by atoms with E-state index in [-0.39, 0.29) is 11.1 Å². The van der Waals surface area contributed by atoms with Crippen LogP contribution in [0.3, 0.4) is 0 Å². The fourth-order valence-corrected chi connectivity index (χ4v) is 5.97. The Morgan fingerprint density at radius 2 is 2.14 bits per heavy atom. The van der Waals surface area contributed by atoms with Crippen LogP contribution < -0.4 is 0 Å². The number of nitrogens with zero attached hydrogens (tertiary/aromatic N) is 2. The second-order valence-electron chi connectivity index (χ2n) is 4.80. The Hall–Kier alpha value is -1.12. The van der Waals surface area contributed by atoms with Gasteiger partial charge in [-0.1, -0.05) is 6.92 Å². The van der Waals surface area contributed by atoms with Gasteiger partial charge in [-0.2, -0.15) is 4.31 Å². The first-order chi connectivity index (χ1) is 9.95. The van der Waals surface area contributed by atoms with Crippen molar-refractivity contribution in [1.29, 1.82) is 0 Å². The van der Waals surface area contributed by atoms with E-state index in [2.05, 4.69) is 4.98 Å². The molecule has 0 saturated carbocycles. The Labute approximate surface area is 128 Å². The number of sulfonamides is 1. The summed E-state index contributed by atoms with van der Waals surface area (Å²) in [6, 6.07) is 2.57. The monoisotopic (exact) mass is 330 g/mol. The largest absolute Gasteiger partial charge is 0.480 e. The normalized spacial score (nSPS) is 23.3. The van der Waals surface area contributed by atoms with Crippen molar-refractivity contribution in [2.75, 3.05) is 11.5 Å². The highest BCUT2D eigenvalue weighted by atomic mass is 32.2. The van der Waals surface area contributed by atoms with Crippen molar-refractivity contribution in [2.45, 2.75) is 31.2 Å². The fraction of sp³-hybridized carbons (Fsp3) is 0.538. The maximum absolute atomic E-state index is 12.5. The molecule has 0 amide bonds. The predicted molar refractivity (Wildman–Crippen MR) is 81.5 cm³/mol. The first kappa shape index (κ1) is 16.3. The highest BCUT2D eigenvalue weighted by Crippen LogP contribution is 2.34. The van der Waals surface area contributed by atoms with Crippen LogP contribution in [0.25, 0.3) is 0 Å². The van der Waals surface area contributed by atoms with Gasteiger partial charge in [0.2, 0.25) is 10.0 Å². The number of rotatable bonds is 6. The van der Waals surface area contributed by atoms with Crippen molar-refractivity contribution < 1.29 is 18.3 Å². The van der Waals surface area contributed by atoms with E-state index in [9.17, 15) is 18.3 Å². The lowest BCUT2D eigenvalue weighted by Gasteiger charge is -2.25. The van der Waals surface area contributed by atoms with Crippen LogP contribution in [-0.4, -0.2) is 51.7 Å². The second-order valence-corrected chi connectivity index (χ2v) is 8.01. The van der Waals surface area contributed by atoms with Gasteiger partial charge in [-0.05, 0) is 30.5 Å². The van der Waals surface area contributed by atoms with E-state index in [1.165, 1.54) is 16.1 Å². The molecule has 1 aliphatic heterocycles. The highest BCUT2D eigenvalue weighted by Gasteiger charge is 2.44. The second kappa shape index (κ2) is 6.76. The predicted octanol–water partition coefficient (Wildman–Crippen LogP) is 1.19. The van der Waals surface area contributed by atoms with Crippen LogP contribution in [0.2, 0.25) is 0 Å². The Kier molecular flexibility index (Phi) is 5.23. The molecular formula is C13H18N2O4S2. The smallest absolute Gasteiger partial charge is 0.322 e. The van der Waals surface area contributed by atoms with E-state index in [1.54, 1.807) is 24.5 Å². The van der Waals surface area contributed by atoms with Crippen LogP contribution in [0.5, 0.6) is 0 Å². The van der Waals surface area contributed by atoms with Crippen molar-refractivity contribution in [3.05, 3.63) is 30.1 Å². The minimum atomic E-state index is -3.60. The lowest BCUT2D eigenvalue weighted by atomic mass is 10.2. The number of pyridine rings is 1. The number of aryl methyl sites for hydroxylation is 1. The van der Waals surface area contributed by atoms with Crippen molar-refractivity contribution >= 4 is 27.8 Å². The number of carboxylic acid groups (broad SMARTS) is 1. The minimum Gasteiger partial charge on any atom is -0.480 e. The van der Waals surface area contributed by atoms with Crippen molar-refractivity contribution in [3.8, 4) is 0 Å². The SMILES string of the molecule is CCC1SCC(C(=O)O)N1S(=O)(=O)CCc1ccncc1. The van der Waals surface area contributed by atoms with Crippen LogP contribution in [0.1, 0.15) is 18.9 Å². The molecule has 1 fully saturated rings. The van der Waals surface area contributed by atoms with Crippen LogP contribution in [0.15, 0.2) is 24.5 Å². The standard InChI is InChI=1S/C13H18N2O4S2/c1-2-12-15(11(9-20-12)13(16)17)21(18,19)8-5-10-3-6-14-7-4-10/h3-4,6-7,11-12H,2,5,8-9H2,1H3,(H,16,17). The van der Waals surface area contributed by atoms with Crippen molar-refractivity contribution in [1.82, 2.24) is 9.29 Å². The van der Waals surface area contributed by atoms with Gasteiger partial charge >= 0.3 is 5.97 Å². The molecule has 1 aliphatic rings. The van der Waals surface area contributed by atoms with E-state index in [1.807, 2.05) is 6.92 Å². The van der Waals surface area contributed by atoms with E-state index in [0.717, 1.165) is 5.56 Å². The van der Waals surface area contributed by atoms with E-state index < -0.39 is 22.0 Å². The van der Waals surface area contributed by atoms with Gasteiger partial charge in [0.15, 0.2) is 0 Å². The molecule has 21 heavy (non-hydrogen) atoms. The molecule has 1 aromatic heterocycles. The molecule has 0 aromatic carbocycles. The summed E-state index contributed by atoms with van der Waals surface area (Å²) in [6.07, 6.45) is 4.18. The zero-order valence-corrected chi connectivity index (χ0v) is 13.3. The molecule has 1 N–H and O–H groups in total. The first-order valence-electron chi connectivity index (χ1n) is 6.70. The molecule has 2 heterocycles. The van der Waals surface area contributed by atoms with Crippen LogP contribution >= 0.6 is 11.8 Å². The summed E-state index contributed by atoms with van der Waals surface area (Å²) in [5.41, 5.74) is 0.875. The summed E-state index contributed by atoms with van der Waals surface area (Å²) in [5.74, 6) is -0.855. The third-order valence-electron chi connectivity index (χ3n) is 3.39. The molecule has 116 valence electrons. The van der Waals surface area contributed by atoms with Crippen molar-refractivity contribution in [2.24, 2.45) is 0 Å². The van der Waals surface area contributed by atoms with Gasteiger partial charge in [0.25, 0.3) is 0 Å². The Morgan fingerprint density at radius 1 is 1.48 bits per heavy atom. The summed E-state index contributed by atoms with van der Waals surface area (Å²) in [4.78, 5) is 15.2. The maximum Gasteiger partial charge on any atom is 0.322 e. The van der Waals surface area contributed by atoms with Gasteiger partial charge < -0.3 is 5.11 Å². The fourth-order valence-electron chi connectivity index (χ4n) is 2.30. The number of thioether (sulfide) groups is 1. The molecule has 1 aromatic rings. The van der Waals surface area contributed by atoms with Gasteiger partial charge in [0, 0.05) is 18.1 Å². The average Bonchev–Trinajstić information content (AvgIpc) is 2.91. The summed E-state index contributed by atoms with van der Waals surface area (Å²) in [6.45, 7) is 1.87. The summed E-state index contributed by atoms with van der Waals surface area (Å²) in [5, 5.41) is 8.93. The van der Waals surface area contributed by atoms with Gasteiger partial charge in [-0.25, -0.2) is 8.42 Å². The van der Waals surface area contributed by atoms with Crippen molar-refractivity contribution in [3.63, 3.8) is 0 Å². The van der Waals surface area contributed by atoms with Gasteiger partial charge in [0.05, 0.1) is 11.1 Å². The average molecular weight is 330 g/mol. The summed E-state index contributed by atoms with van der Waals surface area (Å²) < 4.78 is 26.2. The van der Waals surface area contributed by atoms with Crippen LogP contribution in [0, 0.1) is 0 Å². The quantitative estimate of drug-likeness (QED) is 0.843. The van der Waals surface area contributed by atoms with Crippen LogP contribution in [-0.2, 0) is 21.2 Å². The first-order valence-corrected chi connectivity index (χ1v) is 9.36. The zero-order valence-electron chi connectivity index (χ0n) is 11.7. The molecule has 0 radical (unpaired) electrons. The Balaban J connectivity index is 2.14. The van der Waals surface area contributed by atoms with E-state index >= 15 is 0 Å². The third kappa shape index (κ3) is 3.75. The van der Waals surface area contributed by atoms with Gasteiger partial charge in [0.1, 0.15) is 6.04 Å². The van der Waals surface area contributed by atoms with E-state index in [4.69, 9.17) is 0 Å². The maximum atomic E-state index is 12.5. The molecular weight excluding hydrogens is 312 g/mol. The van der Waals surface area contributed by atoms with Gasteiger partial charge in [-0.15, -0.1) is 11.8 Å². The molecule has 2 atom stereocenters. The zero-order chi connectivity index (χ0) is 15.5. The number of hydrogen-bond donors (Lipinski definition) is 1. The van der Waals surface area contributed by atoms with Crippen LogP contribution in [0.4, 0.5) is 0 Å². The number of aromatic nitrogens is 1. The third-order valence-corrected chi connectivity index (χ3v) is 6.85. The molecule has 2 unspecified atom stereocenters. The molecule has 0 aliphatic carbocycles. The molecule has 0 bridgehead atoms. The lowest BCUT2D eigenvalue weighted by Crippen LogP contribution is -2.46. The number of aliphatic carboxylic acids is 1.